The molecule has 0 aromatic rings. The second kappa shape index (κ2) is 4.57. The van der Waals surface area contributed by atoms with Gasteiger partial charge in [-0.2, -0.15) is 4.31 Å². The van der Waals surface area contributed by atoms with Crippen molar-refractivity contribution in [3.63, 3.8) is 0 Å². The molecular weight excluding hydrogens is 206 g/mol. The Kier molecular flexibility index (Phi) is 3.88. The van der Waals surface area contributed by atoms with Crippen molar-refractivity contribution >= 4 is 10.0 Å². The van der Waals surface area contributed by atoms with E-state index in [1.54, 1.807) is 13.8 Å². The molecule has 0 spiro atoms. The van der Waals surface area contributed by atoms with Gasteiger partial charge < -0.3 is 9.84 Å². The number of ether oxygens (including phenoxy) is 1. The minimum absolute atomic E-state index is 0.0927. The maximum absolute atomic E-state index is 11.6. The van der Waals surface area contributed by atoms with E-state index < -0.39 is 10.0 Å². The third-order valence-electron chi connectivity index (χ3n) is 2.37. The maximum Gasteiger partial charge on any atom is 0.214 e. The van der Waals surface area contributed by atoms with Crippen LogP contribution in [0.25, 0.3) is 0 Å². The van der Waals surface area contributed by atoms with Crippen molar-refractivity contribution in [1.29, 1.82) is 0 Å². The van der Waals surface area contributed by atoms with Crippen LogP contribution in [0.5, 0.6) is 0 Å². The van der Waals surface area contributed by atoms with Gasteiger partial charge in [-0.1, -0.05) is 0 Å². The van der Waals surface area contributed by atoms with Gasteiger partial charge in [0.05, 0.1) is 25.1 Å². The van der Waals surface area contributed by atoms with Crippen molar-refractivity contribution in [3.05, 3.63) is 0 Å². The lowest BCUT2D eigenvalue weighted by Gasteiger charge is -2.36. The van der Waals surface area contributed by atoms with Crippen LogP contribution in [0, 0.1) is 0 Å². The first-order valence-electron chi connectivity index (χ1n) is 4.73. The Labute approximate surface area is 84.7 Å². The molecule has 0 aliphatic carbocycles. The Bertz CT molecular complexity index is 277. The van der Waals surface area contributed by atoms with Crippen molar-refractivity contribution in [1.82, 2.24) is 4.31 Å². The summed E-state index contributed by atoms with van der Waals surface area (Å²) in [5.74, 6) is 0.0927. The average Bonchev–Trinajstić information content (AvgIpc) is 2.18. The van der Waals surface area contributed by atoms with Crippen molar-refractivity contribution in [2.24, 2.45) is 0 Å². The highest BCUT2D eigenvalue weighted by molar-refractivity contribution is 7.89. The number of hydrogen-bond donors (Lipinski definition) is 1. The topological polar surface area (TPSA) is 66.8 Å². The molecule has 1 rings (SSSR count). The number of aliphatic hydroxyl groups excluding tert-OH is 1. The van der Waals surface area contributed by atoms with Crippen molar-refractivity contribution < 1.29 is 18.3 Å². The van der Waals surface area contributed by atoms with Crippen molar-refractivity contribution in [3.8, 4) is 0 Å². The zero-order valence-corrected chi connectivity index (χ0v) is 9.33. The fourth-order valence-corrected chi connectivity index (χ4v) is 2.79. The van der Waals surface area contributed by atoms with Crippen LogP contribution in [0.15, 0.2) is 0 Å². The molecule has 1 saturated heterocycles. The van der Waals surface area contributed by atoms with Crippen LogP contribution in [0.2, 0.25) is 0 Å². The van der Waals surface area contributed by atoms with Gasteiger partial charge in [-0.25, -0.2) is 8.42 Å². The van der Waals surface area contributed by atoms with E-state index in [1.807, 2.05) is 0 Å². The van der Waals surface area contributed by atoms with Gasteiger partial charge in [0.2, 0.25) is 10.0 Å². The predicted octanol–water partition coefficient (Wildman–Crippen LogP) is -0.582. The first kappa shape index (κ1) is 11.9. The van der Waals surface area contributed by atoms with E-state index in [-0.39, 0.29) is 31.1 Å². The predicted molar refractivity (Wildman–Crippen MR) is 52.5 cm³/mol. The number of hydrogen-bond acceptors (Lipinski definition) is 4. The maximum atomic E-state index is 11.6. The van der Waals surface area contributed by atoms with Gasteiger partial charge in [0.25, 0.3) is 0 Å². The third-order valence-corrected chi connectivity index (χ3v) is 4.33. The fraction of sp³-hybridized carbons (Fsp3) is 1.00. The Morgan fingerprint density at radius 2 is 2.21 bits per heavy atom. The van der Waals surface area contributed by atoms with Gasteiger partial charge in [-0.05, 0) is 13.8 Å². The van der Waals surface area contributed by atoms with E-state index >= 15 is 0 Å². The number of nitrogens with zero attached hydrogens (tertiary/aromatic N) is 1. The molecule has 0 bridgehead atoms. The first-order chi connectivity index (χ1) is 6.51. The second-order valence-corrected chi connectivity index (χ2v) is 5.67. The summed E-state index contributed by atoms with van der Waals surface area (Å²) in [6.45, 7) is 3.90. The molecule has 2 atom stereocenters. The minimum Gasteiger partial charge on any atom is -0.394 e. The summed E-state index contributed by atoms with van der Waals surface area (Å²) < 4.78 is 29.9. The van der Waals surface area contributed by atoms with Crippen LogP contribution in [-0.4, -0.2) is 55.5 Å². The van der Waals surface area contributed by atoms with Crippen molar-refractivity contribution in [2.45, 2.75) is 26.0 Å². The molecular formula is C8H17NO4S. The molecule has 1 N–H and O–H groups in total. The molecule has 2 unspecified atom stereocenters. The first-order valence-corrected chi connectivity index (χ1v) is 6.34. The van der Waals surface area contributed by atoms with E-state index in [0.29, 0.717) is 6.61 Å². The Hall–Kier alpha value is -0.170. The number of rotatable bonds is 3. The van der Waals surface area contributed by atoms with Crippen LogP contribution in [0.4, 0.5) is 0 Å². The summed E-state index contributed by atoms with van der Waals surface area (Å²) in [6.07, 6.45) is -0.382. The van der Waals surface area contributed by atoms with E-state index in [9.17, 15) is 8.42 Å². The molecule has 1 heterocycles. The quantitative estimate of drug-likeness (QED) is 0.695. The van der Waals surface area contributed by atoms with Gasteiger partial charge in [0, 0.05) is 12.6 Å². The summed E-state index contributed by atoms with van der Waals surface area (Å²) in [6, 6.07) is -0.136. The van der Waals surface area contributed by atoms with E-state index in [2.05, 4.69) is 0 Å². The summed E-state index contributed by atoms with van der Waals surface area (Å²) >= 11 is 0. The van der Waals surface area contributed by atoms with Gasteiger partial charge in [0.15, 0.2) is 0 Å². The Morgan fingerprint density at radius 3 is 2.71 bits per heavy atom. The number of sulfonamides is 1. The number of aliphatic hydroxyl groups is 1. The molecule has 6 heteroatoms. The molecule has 0 amide bonds. The van der Waals surface area contributed by atoms with Gasteiger partial charge in [-0.15, -0.1) is 0 Å². The van der Waals surface area contributed by atoms with Crippen LogP contribution >= 0.6 is 0 Å². The van der Waals surface area contributed by atoms with Gasteiger partial charge >= 0.3 is 0 Å². The lowest BCUT2D eigenvalue weighted by molar-refractivity contribution is -0.0515. The SMILES string of the molecule is CCS(=O)(=O)N1CC(CO)OCC1C. The molecule has 0 radical (unpaired) electrons. The molecule has 0 aromatic heterocycles. The zero-order chi connectivity index (χ0) is 10.8. The highest BCUT2D eigenvalue weighted by atomic mass is 32.2. The molecule has 0 saturated carbocycles. The summed E-state index contributed by atoms with van der Waals surface area (Å²) in [5.41, 5.74) is 0. The normalized spacial score (nSPS) is 30.5. The van der Waals surface area contributed by atoms with Crippen molar-refractivity contribution in [2.75, 3.05) is 25.5 Å². The third kappa shape index (κ3) is 2.44. The summed E-state index contributed by atoms with van der Waals surface area (Å²) in [4.78, 5) is 0. The molecule has 14 heavy (non-hydrogen) atoms. The fourth-order valence-electron chi connectivity index (χ4n) is 1.46. The molecule has 84 valence electrons. The monoisotopic (exact) mass is 223 g/mol. The lowest BCUT2D eigenvalue weighted by atomic mass is 10.2. The highest BCUT2D eigenvalue weighted by Gasteiger charge is 2.32. The van der Waals surface area contributed by atoms with E-state index in [4.69, 9.17) is 9.84 Å². The van der Waals surface area contributed by atoms with Gasteiger partial charge in [-0.3, -0.25) is 0 Å². The molecule has 5 nitrogen and oxygen atoms in total. The van der Waals surface area contributed by atoms with E-state index in [1.165, 1.54) is 4.31 Å². The highest BCUT2D eigenvalue weighted by Crippen LogP contribution is 2.15. The average molecular weight is 223 g/mol. The molecule has 1 aliphatic heterocycles. The largest absolute Gasteiger partial charge is 0.394 e. The molecule has 1 aliphatic rings. The summed E-state index contributed by atoms with van der Waals surface area (Å²) in [7, 11) is -3.17. The molecule has 0 aromatic carbocycles. The van der Waals surface area contributed by atoms with Crippen LogP contribution in [-0.2, 0) is 14.8 Å². The lowest BCUT2D eigenvalue weighted by Crippen LogP contribution is -2.52. The van der Waals surface area contributed by atoms with Crippen LogP contribution < -0.4 is 0 Å². The smallest absolute Gasteiger partial charge is 0.214 e. The number of morpholine rings is 1. The second-order valence-electron chi connectivity index (χ2n) is 3.46. The minimum atomic E-state index is -3.17. The molecule has 1 fully saturated rings. The Balaban J connectivity index is 2.75. The summed E-state index contributed by atoms with van der Waals surface area (Å²) in [5, 5.41) is 8.89. The Morgan fingerprint density at radius 1 is 1.57 bits per heavy atom. The van der Waals surface area contributed by atoms with Crippen LogP contribution in [0.1, 0.15) is 13.8 Å². The standard InChI is InChI=1S/C8H17NO4S/c1-3-14(11,12)9-4-8(5-10)13-6-7(9)2/h7-8,10H,3-6H2,1-2H3. The zero-order valence-electron chi connectivity index (χ0n) is 8.51. The van der Waals surface area contributed by atoms with Gasteiger partial charge in [0.1, 0.15) is 0 Å². The van der Waals surface area contributed by atoms with Crippen LogP contribution in [0.3, 0.4) is 0 Å². The van der Waals surface area contributed by atoms with E-state index in [0.717, 1.165) is 0 Å².